The Balaban J connectivity index is 2.42. The average Bonchev–Trinajstić information content (AvgIpc) is 2.36. The van der Waals surface area contributed by atoms with Crippen LogP contribution in [0.3, 0.4) is 0 Å². The molecule has 19 heavy (non-hydrogen) atoms. The fourth-order valence-corrected chi connectivity index (χ4v) is 1.67. The molecular weight excluding hydrogens is 268 g/mol. The van der Waals surface area contributed by atoms with E-state index in [0.717, 1.165) is 5.56 Å². The van der Waals surface area contributed by atoms with Gasteiger partial charge in [0.15, 0.2) is 0 Å². The highest BCUT2D eigenvalue weighted by molar-refractivity contribution is 6.30. The number of hydrogen-bond donors (Lipinski definition) is 2. The molecule has 0 aliphatic heterocycles. The van der Waals surface area contributed by atoms with Gasteiger partial charge in [0.1, 0.15) is 6.54 Å². The minimum atomic E-state index is -0.465. The molecule has 0 heterocycles. The largest absolute Gasteiger partial charge is 0.465 e. The van der Waals surface area contributed by atoms with Crippen LogP contribution in [0.2, 0.25) is 5.02 Å². The summed E-state index contributed by atoms with van der Waals surface area (Å²) in [5.41, 5.74) is 0.888. The summed E-state index contributed by atoms with van der Waals surface area (Å²) in [6.45, 7) is 3.68. The average molecular weight is 285 g/mol. The first-order valence-electron chi connectivity index (χ1n) is 5.98. The van der Waals surface area contributed by atoms with E-state index < -0.39 is 12.0 Å². The normalized spacial score (nSPS) is 11.5. The van der Waals surface area contributed by atoms with Crippen molar-refractivity contribution in [1.82, 2.24) is 10.6 Å². The van der Waals surface area contributed by atoms with E-state index in [1.807, 2.05) is 19.1 Å². The first-order chi connectivity index (χ1) is 9.02. The summed E-state index contributed by atoms with van der Waals surface area (Å²) in [7, 11) is 0. The van der Waals surface area contributed by atoms with Gasteiger partial charge in [0.05, 0.1) is 12.6 Å². The molecule has 0 radical (unpaired) electrons. The van der Waals surface area contributed by atoms with Crippen LogP contribution in [0.25, 0.3) is 0 Å². The van der Waals surface area contributed by atoms with E-state index >= 15 is 0 Å². The number of hydrogen-bond acceptors (Lipinski definition) is 3. The van der Waals surface area contributed by atoms with Gasteiger partial charge in [-0.25, -0.2) is 4.79 Å². The molecule has 0 bridgehead atoms. The van der Waals surface area contributed by atoms with E-state index in [1.165, 1.54) is 0 Å². The topological polar surface area (TPSA) is 67.4 Å². The van der Waals surface area contributed by atoms with Crippen LogP contribution >= 0.6 is 11.6 Å². The predicted molar refractivity (Wildman–Crippen MR) is 73.0 cm³/mol. The molecule has 1 aromatic rings. The van der Waals surface area contributed by atoms with E-state index in [2.05, 4.69) is 10.6 Å². The summed E-state index contributed by atoms with van der Waals surface area (Å²) in [6, 6.07) is 6.58. The van der Waals surface area contributed by atoms with Crippen LogP contribution in [-0.2, 0) is 9.53 Å². The van der Waals surface area contributed by atoms with Gasteiger partial charge in [-0.15, -0.1) is 0 Å². The van der Waals surface area contributed by atoms with Gasteiger partial charge in [-0.3, -0.25) is 4.79 Å². The fourth-order valence-electron chi connectivity index (χ4n) is 1.47. The summed E-state index contributed by atoms with van der Waals surface area (Å²) in [5, 5.41) is 5.74. The van der Waals surface area contributed by atoms with Crippen molar-refractivity contribution in [2.24, 2.45) is 0 Å². The van der Waals surface area contributed by atoms with Crippen molar-refractivity contribution in [2.45, 2.75) is 19.9 Å². The fraction of sp³-hybridized carbons (Fsp3) is 0.385. The molecule has 1 unspecified atom stereocenters. The van der Waals surface area contributed by atoms with Crippen LogP contribution < -0.4 is 10.6 Å². The third-order valence-corrected chi connectivity index (χ3v) is 2.63. The Kier molecular flexibility index (Phi) is 6.15. The number of amides is 2. The molecule has 1 atom stereocenters. The molecular formula is C13H17ClN2O3. The number of urea groups is 1. The number of carbonyl (C=O) groups is 2. The van der Waals surface area contributed by atoms with Crippen LogP contribution in [0.15, 0.2) is 24.3 Å². The lowest BCUT2D eigenvalue weighted by Gasteiger charge is -2.15. The summed E-state index contributed by atoms with van der Waals surface area (Å²) < 4.78 is 4.70. The van der Waals surface area contributed by atoms with Gasteiger partial charge in [0.25, 0.3) is 0 Å². The van der Waals surface area contributed by atoms with Gasteiger partial charge in [-0.1, -0.05) is 23.7 Å². The molecule has 2 amide bonds. The van der Waals surface area contributed by atoms with E-state index in [9.17, 15) is 9.59 Å². The summed E-state index contributed by atoms with van der Waals surface area (Å²) >= 11 is 5.87. The number of carbonyl (C=O) groups excluding carboxylic acids is 2. The van der Waals surface area contributed by atoms with Crippen LogP contribution in [-0.4, -0.2) is 25.2 Å². The van der Waals surface area contributed by atoms with Crippen molar-refractivity contribution in [3.8, 4) is 0 Å². The number of nitrogens with one attached hydrogen (secondary N) is 2. The second-order valence-corrected chi connectivity index (χ2v) is 4.35. The van der Waals surface area contributed by atoms with Gasteiger partial charge in [-0.2, -0.15) is 0 Å². The lowest BCUT2D eigenvalue weighted by atomic mass is 10.1. The maximum Gasteiger partial charge on any atom is 0.325 e. The van der Waals surface area contributed by atoms with Crippen molar-refractivity contribution in [3.63, 3.8) is 0 Å². The van der Waals surface area contributed by atoms with Crippen LogP contribution in [0.1, 0.15) is 25.5 Å². The Morgan fingerprint density at radius 3 is 2.79 bits per heavy atom. The summed E-state index contributed by atoms with van der Waals surface area (Å²) in [4.78, 5) is 22.6. The highest BCUT2D eigenvalue weighted by Crippen LogP contribution is 2.16. The van der Waals surface area contributed by atoms with Gasteiger partial charge in [-0.05, 0) is 31.5 Å². The summed E-state index contributed by atoms with van der Waals surface area (Å²) in [5.74, 6) is -0.465. The molecule has 2 N–H and O–H groups in total. The number of rotatable bonds is 5. The zero-order chi connectivity index (χ0) is 14.3. The molecule has 5 nitrogen and oxygen atoms in total. The molecule has 104 valence electrons. The lowest BCUT2D eigenvalue weighted by Crippen LogP contribution is -2.40. The van der Waals surface area contributed by atoms with Gasteiger partial charge >= 0.3 is 12.0 Å². The lowest BCUT2D eigenvalue weighted by molar-refractivity contribution is -0.141. The number of ether oxygens (including phenoxy) is 1. The Morgan fingerprint density at radius 1 is 1.42 bits per heavy atom. The number of benzene rings is 1. The zero-order valence-electron chi connectivity index (χ0n) is 10.9. The molecule has 6 heteroatoms. The monoisotopic (exact) mass is 284 g/mol. The first kappa shape index (κ1) is 15.3. The SMILES string of the molecule is CCOC(=O)CNC(=O)NC(C)c1cccc(Cl)c1. The van der Waals surface area contributed by atoms with Gasteiger partial charge in [0, 0.05) is 5.02 Å². The predicted octanol–water partition coefficient (Wildman–Crippen LogP) is 2.26. The van der Waals surface area contributed by atoms with E-state index in [0.29, 0.717) is 11.6 Å². The molecule has 0 saturated heterocycles. The minimum Gasteiger partial charge on any atom is -0.465 e. The molecule has 0 saturated carbocycles. The van der Waals surface area contributed by atoms with Crippen LogP contribution in [0.4, 0.5) is 4.79 Å². The molecule has 0 aliphatic rings. The van der Waals surface area contributed by atoms with Gasteiger partial charge < -0.3 is 15.4 Å². The Morgan fingerprint density at radius 2 is 2.16 bits per heavy atom. The molecule has 0 spiro atoms. The summed E-state index contributed by atoms with van der Waals surface area (Å²) in [6.07, 6.45) is 0. The van der Waals surface area contributed by atoms with Crippen LogP contribution in [0, 0.1) is 0 Å². The molecule has 1 rings (SSSR count). The van der Waals surface area contributed by atoms with Crippen LogP contribution in [0.5, 0.6) is 0 Å². The third kappa shape index (κ3) is 5.61. The van der Waals surface area contributed by atoms with Crippen molar-refractivity contribution in [1.29, 1.82) is 0 Å². The van der Waals surface area contributed by atoms with Gasteiger partial charge in [0.2, 0.25) is 0 Å². The van der Waals surface area contributed by atoms with Crippen molar-refractivity contribution < 1.29 is 14.3 Å². The highest BCUT2D eigenvalue weighted by atomic mass is 35.5. The Bertz CT molecular complexity index is 451. The number of esters is 1. The molecule has 0 fully saturated rings. The van der Waals surface area contributed by atoms with Crippen molar-refractivity contribution in [3.05, 3.63) is 34.9 Å². The second kappa shape index (κ2) is 7.63. The second-order valence-electron chi connectivity index (χ2n) is 3.91. The van der Waals surface area contributed by atoms with E-state index in [4.69, 9.17) is 16.3 Å². The quantitative estimate of drug-likeness (QED) is 0.815. The molecule has 0 aliphatic carbocycles. The maximum absolute atomic E-state index is 11.6. The zero-order valence-corrected chi connectivity index (χ0v) is 11.7. The highest BCUT2D eigenvalue weighted by Gasteiger charge is 2.10. The Hall–Kier alpha value is -1.75. The van der Waals surface area contributed by atoms with Crippen molar-refractivity contribution in [2.75, 3.05) is 13.2 Å². The smallest absolute Gasteiger partial charge is 0.325 e. The number of halogens is 1. The third-order valence-electron chi connectivity index (χ3n) is 2.39. The Labute approximate surface area is 117 Å². The molecule has 0 aromatic heterocycles. The van der Waals surface area contributed by atoms with Crippen molar-refractivity contribution >= 4 is 23.6 Å². The molecule has 1 aromatic carbocycles. The minimum absolute atomic E-state index is 0.151. The standard InChI is InChI=1S/C13H17ClN2O3/c1-3-19-12(17)8-15-13(18)16-9(2)10-5-4-6-11(14)7-10/h4-7,9H,3,8H2,1-2H3,(H2,15,16,18). The maximum atomic E-state index is 11.6. The van der Waals surface area contributed by atoms with E-state index in [1.54, 1.807) is 19.1 Å². The van der Waals surface area contributed by atoms with E-state index in [-0.39, 0.29) is 12.6 Å². The first-order valence-corrected chi connectivity index (χ1v) is 6.36.